The second kappa shape index (κ2) is 3.97. The first-order chi connectivity index (χ1) is 7.11. The summed E-state index contributed by atoms with van der Waals surface area (Å²) in [5.74, 6) is -1.61. The van der Waals surface area contributed by atoms with Gasteiger partial charge < -0.3 is 5.73 Å². The normalized spacial score (nSPS) is 15.3. The maximum atomic E-state index is 11.4. The Morgan fingerprint density at radius 2 is 1.80 bits per heavy atom. The van der Waals surface area contributed by atoms with Crippen LogP contribution in [0.3, 0.4) is 0 Å². The summed E-state index contributed by atoms with van der Waals surface area (Å²) in [6.45, 7) is 0. The van der Waals surface area contributed by atoms with Gasteiger partial charge in [-0.25, -0.2) is 0 Å². The molecule has 74 valence electrons. The molecule has 0 saturated carbocycles. The maximum absolute atomic E-state index is 11.4. The van der Waals surface area contributed by atoms with Crippen LogP contribution in [-0.4, -0.2) is 11.6 Å². The topological polar surface area (TPSA) is 158 Å². The maximum Gasteiger partial charge on any atom is 0.202 e. The van der Waals surface area contributed by atoms with Crippen LogP contribution in [0.15, 0.2) is 33.4 Å². The van der Waals surface area contributed by atoms with Crippen LogP contribution in [0, 0.1) is 0 Å². The molecule has 1 aliphatic rings. The molecule has 0 aliphatic heterocycles. The van der Waals surface area contributed by atoms with Gasteiger partial charge in [-0.1, -0.05) is 10.2 Å². The molecule has 0 amide bonds. The Hall–Kier alpha value is -2.76. The van der Waals surface area contributed by atoms with E-state index in [0.29, 0.717) is 0 Å². The Balaban J connectivity index is 3.34. The summed E-state index contributed by atoms with van der Waals surface area (Å²) in [5.41, 5.74) is 20.0. The number of nitrogens with two attached hydrogens (primary N) is 1. The van der Waals surface area contributed by atoms with Crippen LogP contribution >= 0.6 is 0 Å². The minimum atomic E-state index is -0.872. The summed E-state index contributed by atoms with van der Waals surface area (Å²) in [5, 5.41) is 5.95. The molecule has 0 aromatic rings. The van der Waals surface area contributed by atoms with Crippen LogP contribution in [0.1, 0.15) is 0 Å². The Morgan fingerprint density at radius 3 is 2.33 bits per heavy atom. The SMILES string of the molecule is [N-]=[N+]=NC1=CC(=O)C(N)=C(N=[N+]=[N-])C1=O. The van der Waals surface area contributed by atoms with Crippen molar-refractivity contribution in [3.63, 3.8) is 0 Å². The lowest BCUT2D eigenvalue weighted by atomic mass is 10.0. The number of rotatable bonds is 2. The number of ketones is 2. The van der Waals surface area contributed by atoms with E-state index < -0.39 is 28.7 Å². The lowest BCUT2D eigenvalue weighted by Gasteiger charge is -2.08. The van der Waals surface area contributed by atoms with Crippen molar-refractivity contribution in [2.24, 2.45) is 16.0 Å². The fraction of sp³-hybridized carbons (Fsp3) is 0. The van der Waals surface area contributed by atoms with Crippen molar-refractivity contribution in [2.45, 2.75) is 0 Å². The third kappa shape index (κ3) is 1.78. The first-order valence-corrected chi connectivity index (χ1v) is 3.52. The first kappa shape index (κ1) is 10.3. The van der Waals surface area contributed by atoms with Crippen LogP contribution in [0.4, 0.5) is 0 Å². The summed E-state index contributed by atoms with van der Waals surface area (Å²) in [6, 6.07) is 0. The van der Waals surface area contributed by atoms with E-state index in [2.05, 4.69) is 20.1 Å². The molecule has 15 heavy (non-hydrogen) atoms. The van der Waals surface area contributed by atoms with Crippen molar-refractivity contribution < 1.29 is 9.59 Å². The molecule has 0 aromatic heterocycles. The van der Waals surface area contributed by atoms with Gasteiger partial charge in [0.1, 0.15) is 5.70 Å². The van der Waals surface area contributed by atoms with Crippen LogP contribution in [0.25, 0.3) is 20.9 Å². The van der Waals surface area contributed by atoms with E-state index in [4.69, 9.17) is 16.8 Å². The lowest BCUT2D eigenvalue weighted by Crippen LogP contribution is -2.22. The van der Waals surface area contributed by atoms with Crippen molar-refractivity contribution >= 4 is 11.6 Å². The van der Waals surface area contributed by atoms with Crippen molar-refractivity contribution in [3.05, 3.63) is 44.1 Å². The van der Waals surface area contributed by atoms with Crippen LogP contribution < -0.4 is 5.73 Å². The van der Waals surface area contributed by atoms with Gasteiger partial charge in [-0.3, -0.25) is 9.59 Å². The van der Waals surface area contributed by atoms with E-state index in [1.54, 1.807) is 0 Å². The molecular formula is C6H3N7O2. The molecule has 0 fully saturated rings. The van der Waals surface area contributed by atoms with Gasteiger partial charge in [-0.05, 0) is 11.1 Å². The molecule has 0 heterocycles. The largest absolute Gasteiger partial charge is 0.395 e. The fourth-order valence-corrected chi connectivity index (χ4v) is 0.894. The standard InChI is InChI=1S/C6H3N7O2/c7-4-3(14)1-2(10-12-8)6(15)5(4)11-13-9/h1H,7H2. The van der Waals surface area contributed by atoms with E-state index >= 15 is 0 Å². The van der Waals surface area contributed by atoms with Crippen molar-refractivity contribution in [1.29, 1.82) is 0 Å². The molecule has 0 saturated heterocycles. The van der Waals surface area contributed by atoms with Gasteiger partial charge in [0.15, 0.2) is 5.78 Å². The van der Waals surface area contributed by atoms with Gasteiger partial charge in [-0.2, -0.15) is 0 Å². The summed E-state index contributed by atoms with van der Waals surface area (Å²) in [6.07, 6.45) is 0.785. The van der Waals surface area contributed by atoms with Gasteiger partial charge in [0.25, 0.3) is 0 Å². The summed E-state index contributed by atoms with van der Waals surface area (Å²) in [7, 11) is 0. The Labute approximate surface area is 82.1 Å². The molecule has 0 radical (unpaired) electrons. The van der Waals surface area contributed by atoms with E-state index in [-0.39, 0.29) is 0 Å². The number of nitrogens with zero attached hydrogens (tertiary/aromatic N) is 6. The molecule has 9 nitrogen and oxygen atoms in total. The van der Waals surface area contributed by atoms with Crippen LogP contribution in [0.5, 0.6) is 0 Å². The molecular weight excluding hydrogens is 202 g/mol. The minimum absolute atomic E-state index is 0.445. The van der Waals surface area contributed by atoms with Gasteiger partial charge in [0.2, 0.25) is 5.78 Å². The van der Waals surface area contributed by atoms with E-state index in [9.17, 15) is 9.59 Å². The second-order valence-electron chi connectivity index (χ2n) is 2.36. The number of hydrogen-bond acceptors (Lipinski definition) is 5. The zero-order chi connectivity index (χ0) is 11.4. The quantitative estimate of drug-likeness (QED) is 0.306. The van der Waals surface area contributed by atoms with Gasteiger partial charge in [-0.15, -0.1) is 0 Å². The predicted octanol–water partition coefficient (Wildman–Crippen LogP) is 0.813. The average molecular weight is 205 g/mol. The van der Waals surface area contributed by atoms with E-state index in [1.165, 1.54) is 0 Å². The second-order valence-corrected chi connectivity index (χ2v) is 2.36. The highest BCUT2D eigenvalue weighted by Gasteiger charge is 2.25. The van der Waals surface area contributed by atoms with Gasteiger partial charge in [0.05, 0.1) is 11.4 Å². The van der Waals surface area contributed by atoms with Crippen LogP contribution in [-0.2, 0) is 9.59 Å². The highest BCUT2D eigenvalue weighted by atomic mass is 16.1. The number of Topliss-reactive ketones (excluding diaryl/α,β-unsaturated/α-hetero) is 1. The van der Waals surface area contributed by atoms with Gasteiger partial charge in [0, 0.05) is 15.9 Å². The monoisotopic (exact) mass is 205 g/mol. The Kier molecular flexibility index (Phi) is 2.73. The molecule has 1 rings (SSSR count). The number of carbonyl (C=O) groups excluding carboxylic acids is 2. The Morgan fingerprint density at radius 1 is 1.20 bits per heavy atom. The van der Waals surface area contributed by atoms with Crippen molar-refractivity contribution in [3.8, 4) is 0 Å². The molecule has 0 bridgehead atoms. The van der Waals surface area contributed by atoms with Crippen molar-refractivity contribution in [2.75, 3.05) is 0 Å². The van der Waals surface area contributed by atoms with Crippen LogP contribution in [0.2, 0.25) is 0 Å². The average Bonchev–Trinajstić information content (AvgIpc) is 2.21. The highest BCUT2D eigenvalue weighted by molar-refractivity contribution is 6.22. The highest BCUT2D eigenvalue weighted by Crippen LogP contribution is 2.18. The zero-order valence-corrected chi connectivity index (χ0v) is 7.15. The zero-order valence-electron chi connectivity index (χ0n) is 7.15. The summed E-state index contributed by atoms with van der Waals surface area (Å²) in [4.78, 5) is 27.2. The summed E-state index contributed by atoms with van der Waals surface area (Å²) < 4.78 is 0. The minimum Gasteiger partial charge on any atom is -0.395 e. The molecule has 0 unspecified atom stereocenters. The number of azide groups is 2. The molecule has 1 aliphatic carbocycles. The number of allylic oxidation sites excluding steroid dienone is 1. The van der Waals surface area contributed by atoms with Gasteiger partial charge >= 0.3 is 0 Å². The van der Waals surface area contributed by atoms with E-state index in [0.717, 1.165) is 6.08 Å². The molecule has 2 N–H and O–H groups in total. The molecule has 0 atom stereocenters. The third-order valence-electron chi connectivity index (χ3n) is 1.53. The smallest absolute Gasteiger partial charge is 0.202 e. The lowest BCUT2D eigenvalue weighted by molar-refractivity contribution is -0.116. The fourth-order valence-electron chi connectivity index (χ4n) is 0.894. The third-order valence-corrected chi connectivity index (χ3v) is 1.53. The number of carbonyl (C=O) groups is 2. The summed E-state index contributed by atoms with van der Waals surface area (Å²) >= 11 is 0. The Bertz CT molecular complexity index is 502. The molecule has 9 heteroatoms. The van der Waals surface area contributed by atoms with E-state index in [1.807, 2.05) is 0 Å². The first-order valence-electron chi connectivity index (χ1n) is 3.52. The molecule has 0 aromatic carbocycles. The van der Waals surface area contributed by atoms with Crippen molar-refractivity contribution in [1.82, 2.24) is 0 Å². The number of hydrogen-bond donors (Lipinski definition) is 1. The molecule has 0 spiro atoms. The predicted molar refractivity (Wildman–Crippen MR) is 47.6 cm³/mol.